The molecule has 1 aromatic carbocycles. The van der Waals surface area contributed by atoms with Crippen LogP contribution in [0.15, 0.2) is 42.6 Å². The van der Waals surface area contributed by atoms with Crippen LogP contribution in [0.1, 0.15) is 6.42 Å². The molecule has 1 N–H and O–H groups in total. The van der Waals surface area contributed by atoms with Crippen molar-refractivity contribution in [3.05, 3.63) is 42.6 Å². The van der Waals surface area contributed by atoms with E-state index in [1.165, 1.54) is 4.90 Å². The summed E-state index contributed by atoms with van der Waals surface area (Å²) in [7, 11) is 1.58. The first-order chi connectivity index (χ1) is 17.6. The fourth-order valence-corrected chi connectivity index (χ4v) is 4.76. The summed E-state index contributed by atoms with van der Waals surface area (Å²) < 4.78 is 21.8. The van der Waals surface area contributed by atoms with E-state index < -0.39 is 12.2 Å². The van der Waals surface area contributed by atoms with Crippen LogP contribution in [-0.2, 0) is 9.53 Å². The lowest BCUT2D eigenvalue weighted by atomic mass is 10.2. The lowest BCUT2D eigenvalue weighted by Gasteiger charge is -2.21. The van der Waals surface area contributed by atoms with E-state index in [1.807, 2.05) is 12.1 Å². The number of methoxy groups -OCH3 is 1. The molecule has 3 aromatic rings. The van der Waals surface area contributed by atoms with Gasteiger partial charge in [0.05, 0.1) is 30.5 Å². The normalized spacial score (nSPS) is 21.0. The summed E-state index contributed by atoms with van der Waals surface area (Å²) in [5, 5.41) is 3.04. The first-order valence-electron chi connectivity index (χ1n) is 11.8. The number of pyridine rings is 2. The smallest absolute Gasteiger partial charge is 0.415 e. The summed E-state index contributed by atoms with van der Waals surface area (Å²) in [5.74, 6) is 1.41. The lowest BCUT2D eigenvalue weighted by molar-refractivity contribution is -0.128. The SMILES string of the molecule is COc1ccc2nccc(N3CC[C@@H](NC(=O)[C@@H]4CN(c5ccc6c(c5)OCCO6)C(=O)O4)C3)c2n1. The molecule has 3 aliphatic rings. The Bertz CT molecular complexity index is 1330. The minimum absolute atomic E-state index is 0.0895. The number of ether oxygens (including phenoxy) is 4. The molecule has 186 valence electrons. The average molecular weight is 492 g/mol. The van der Waals surface area contributed by atoms with Crippen molar-refractivity contribution in [2.75, 3.05) is 49.8 Å². The van der Waals surface area contributed by atoms with Crippen LogP contribution in [-0.4, -0.2) is 74.1 Å². The number of anilines is 2. The van der Waals surface area contributed by atoms with E-state index in [1.54, 1.807) is 37.6 Å². The molecule has 0 aliphatic carbocycles. The van der Waals surface area contributed by atoms with Crippen molar-refractivity contribution < 1.29 is 28.5 Å². The molecule has 0 saturated carbocycles. The van der Waals surface area contributed by atoms with Gasteiger partial charge < -0.3 is 29.2 Å². The molecule has 2 aromatic heterocycles. The maximum absolute atomic E-state index is 13.0. The van der Waals surface area contributed by atoms with Gasteiger partial charge in [-0.25, -0.2) is 9.78 Å². The molecule has 2 saturated heterocycles. The van der Waals surface area contributed by atoms with Gasteiger partial charge in [-0.3, -0.25) is 14.7 Å². The third-order valence-corrected chi connectivity index (χ3v) is 6.56. The van der Waals surface area contributed by atoms with Crippen LogP contribution in [0, 0.1) is 0 Å². The fraction of sp³-hybridized carbons (Fsp3) is 0.360. The number of benzene rings is 1. The predicted octanol–water partition coefficient (Wildman–Crippen LogP) is 2.13. The third kappa shape index (κ3) is 4.06. The summed E-state index contributed by atoms with van der Waals surface area (Å²) in [6.07, 6.45) is 1.05. The molecule has 11 nitrogen and oxygen atoms in total. The zero-order chi connectivity index (χ0) is 24.6. The predicted molar refractivity (Wildman–Crippen MR) is 130 cm³/mol. The van der Waals surface area contributed by atoms with Gasteiger partial charge in [-0.05, 0) is 30.7 Å². The maximum Gasteiger partial charge on any atom is 0.415 e. The van der Waals surface area contributed by atoms with Crippen LogP contribution in [0.2, 0.25) is 0 Å². The van der Waals surface area contributed by atoms with E-state index in [4.69, 9.17) is 18.9 Å². The number of cyclic esters (lactones) is 1. The second-order valence-electron chi connectivity index (χ2n) is 8.80. The van der Waals surface area contributed by atoms with Gasteiger partial charge in [0.15, 0.2) is 17.6 Å². The average Bonchev–Trinajstić information content (AvgIpc) is 3.54. The number of carbonyl (C=O) groups is 2. The zero-order valence-electron chi connectivity index (χ0n) is 19.7. The molecule has 11 heteroatoms. The van der Waals surface area contributed by atoms with E-state index in [0.29, 0.717) is 42.8 Å². The number of carbonyl (C=O) groups excluding carboxylic acids is 2. The Morgan fingerprint density at radius 2 is 1.97 bits per heavy atom. The molecule has 0 bridgehead atoms. The van der Waals surface area contributed by atoms with Crippen molar-refractivity contribution in [1.29, 1.82) is 0 Å². The number of fused-ring (bicyclic) bond motifs is 2. The Morgan fingerprint density at radius 1 is 1.11 bits per heavy atom. The van der Waals surface area contributed by atoms with Gasteiger partial charge in [0.2, 0.25) is 5.88 Å². The van der Waals surface area contributed by atoms with Crippen LogP contribution in [0.3, 0.4) is 0 Å². The van der Waals surface area contributed by atoms with Gasteiger partial charge in [-0.2, -0.15) is 0 Å². The van der Waals surface area contributed by atoms with E-state index in [0.717, 1.165) is 29.7 Å². The van der Waals surface area contributed by atoms with Crippen LogP contribution in [0.25, 0.3) is 11.0 Å². The Labute approximate surface area is 206 Å². The zero-order valence-corrected chi connectivity index (χ0v) is 19.7. The van der Waals surface area contributed by atoms with Gasteiger partial charge in [0.25, 0.3) is 5.91 Å². The first kappa shape index (κ1) is 22.2. The quantitative estimate of drug-likeness (QED) is 0.573. The van der Waals surface area contributed by atoms with Crippen molar-refractivity contribution in [2.45, 2.75) is 18.6 Å². The van der Waals surface area contributed by atoms with Crippen LogP contribution in [0.4, 0.5) is 16.2 Å². The second-order valence-corrected chi connectivity index (χ2v) is 8.80. The summed E-state index contributed by atoms with van der Waals surface area (Å²) in [5.41, 5.74) is 3.06. The van der Waals surface area contributed by atoms with Gasteiger partial charge in [-0.15, -0.1) is 0 Å². The highest BCUT2D eigenvalue weighted by molar-refractivity contribution is 5.96. The number of rotatable bonds is 5. The van der Waals surface area contributed by atoms with E-state index in [2.05, 4.69) is 20.2 Å². The summed E-state index contributed by atoms with van der Waals surface area (Å²) in [6, 6.07) is 10.7. The highest BCUT2D eigenvalue weighted by atomic mass is 16.6. The minimum atomic E-state index is -0.896. The van der Waals surface area contributed by atoms with Crippen LogP contribution in [0.5, 0.6) is 17.4 Å². The van der Waals surface area contributed by atoms with Crippen molar-refractivity contribution >= 4 is 34.4 Å². The number of aromatic nitrogens is 2. The van der Waals surface area contributed by atoms with E-state index in [9.17, 15) is 9.59 Å². The number of hydrogen-bond acceptors (Lipinski definition) is 9. The van der Waals surface area contributed by atoms with Gasteiger partial charge in [0, 0.05) is 37.5 Å². The minimum Gasteiger partial charge on any atom is -0.486 e. The van der Waals surface area contributed by atoms with Crippen molar-refractivity contribution in [2.24, 2.45) is 0 Å². The molecular weight excluding hydrogens is 466 g/mol. The number of nitrogens with one attached hydrogen (secondary N) is 1. The van der Waals surface area contributed by atoms with Crippen LogP contribution < -0.4 is 29.3 Å². The third-order valence-electron chi connectivity index (χ3n) is 6.56. The van der Waals surface area contributed by atoms with Crippen molar-refractivity contribution in [3.8, 4) is 17.4 Å². The molecule has 2 atom stereocenters. The van der Waals surface area contributed by atoms with Gasteiger partial charge in [-0.1, -0.05) is 0 Å². The number of nitrogens with zero attached hydrogens (tertiary/aromatic N) is 4. The molecule has 0 radical (unpaired) electrons. The molecule has 2 amide bonds. The molecule has 5 heterocycles. The molecule has 3 aliphatic heterocycles. The summed E-state index contributed by atoms with van der Waals surface area (Å²) in [4.78, 5) is 38.1. The molecule has 36 heavy (non-hydrogen) atoms. The van der Waals surface area contributed by atoms with Crippen molar-refractivity contribution in [1.82, 2.24) is 15.3 Å². The Balaban J connectivity index is 1.11. The standard InChI is InChI=1S/C25H25N5O6/c1-33-22-5-3-17-23(28-22)18(6-8-26-17)29-9-7-15(13-29)27-24(31)21-14-30(25(32)36-21)16-2-4-19-20(12-16)35-11-10-34-19/h2-6,8,12,15,21H,7,9-11,13-14H2,1H3,(H,27,31)/t15-,21+/m1/s1. The molecule has 2 fully saturated rings. The lowest BCUT2D eigenvalue weighted by Crippen LogP contribution is -2.44. The van der Waals surface area contributed by atoms with Gasteiger partial charge in [0.1, 0.15) is 18.7 Å². The Morgan fingerprint density at radius 3 is 2.83 bits per heavy atom. The molecule has 6 rings (SSSR count). The largest absolute Gasteiger partial charge is 0.486 e. The first-order valence-corrected chi connectivity index (χ1v) is 11.8. The van der Waals surface area contributed by atoms with Gasteiger partial charge >= 0.3 is 6.09 Å². The summed E-state index contributed by atoms with van der Waals surface area (Å²) >= 11 is 0. The van der Waals surface area contributed by atoms with E-state index in [-0.39, 0.29) is 18.5 Å². The Kier molecular flexibility index (Phi) is 5.59. The maximum atomic E-state index is 13.0. The monoisotopic (exact) mass is 491 g/mol. The van der Waals surface area contributed by atoms with E-state index >= 15 is 0 Å². The highest BCUT2D eigenvalue weighted by Crippen LogP contribution is 2.35. The van der Waals surface area contributed by atoms with Crippen LogP contribution >= 0.6 is 0 Å². The highest BCUT2D eigenvalue weighted by Gasteiger charge is 2.39. The molecule has 0 unspecified atom stereocenters. The second kappa shape index (κ2) is 9.06. The Hall–Kier alpha value is -4.28. The summed E-state index contributed by atoms with van der Waals surface area (Å²) in [6.45, 7) is 2.41. The van der Waals surface area contributed by atoms with Crippen molar-refractivity contribution in [3.63, 3.8) is 0 Å². The molecule has 0 spiro atoms. The number of hydrogen-bond donors (Lipinski definition) is 1. The molecular formula is C25H25N5O6. The fourth-order valence-electron chi connectivity index (χ4n) is 4.76. The topological polar surface area (TPSA) is 115 Å². The number of amides is 2.